The molecule has 0 unspecified atom stereocenters. The molecule has 2 heterocycles. The predicted molar refractivity (Wildman–Crippen MR) is 71.2 cm³/mol. The van der Waals surface area contributed by atoms with Gasteiger partial charge in [0.25, 0.3) is 5.91 Å². The molecule has 0 aliphatic heterocycles. The van der Waals surface area contributed by atoms with Crippen molar-refractivity contribution in [3.05, 3.63) is 50.9 Å². The third-order valence-electron chi connectivity index (χ3n) is 2.27. The highest BCUT2D eigenvalue weighted by Crippen LogP contribution is 2.08. The summed E-state index contributed by atoms with van der Waals surface area (Å²) < 4.78 is 0. The Morgan fingerprint density at radius 2 is 2.37 bits per heavy atom. The predicted octanol–water partition coefficient (Wildman–Crippen LogP) is 2.45. The van der Waals surface area contributed by atoms with Crippen LogP contribution in [-0.4, -0.2) is 22.4 Å². The summed E-state index contributed by atoms with van der Waals surface area (Å²) in [7, 11) is 0. The summed E-state index contributed by atoms with van der Waals surface area (Å²) in [4.78, 5) is 22.4. The lowest BCUT2D eigenvalue weighted by Crippen LogP contribution is -2.25. The van der Waals surface area contributed by atoms with Crippen LogP contribution in [-0.2, 0) is 6.42 Å². The lowest BCUT2D eigenvalue weighted by atomic mass is 10.2. The molecule has 2 aromatic rings. The quantitative estimate of drug-likeness (QED) is 0.514. The molecule has 0 saturated carbocycles. The van der Waals surface area contributed by atoms with Gasteiger partial charge in [-0.05, 0) is 22.8 Å². The van der Waals surface area contributed by atoms with Crippen molar-refractivity contribution in [2.45, 2.75) is 6.42 Å². The monoisotopic (exact) mass is 274 g/mol. The molecular formula is C11H10N6OS. The van der Waals surface area contributed by atoms with E-state index in [1.165, 1.54) is 12.3 Å². The van der Waals surface area contributed by atoms with Crippen molar-refractivity contribution in [3.8, 4) is 0 Å². The van der Waals surface area contributed by atoms with Crippen molar-refractivity contribution in [1.82, 2.24) is 15.3 Å². The van der Waals surface area contributed by atoms with Gasteiger partial charge in [-0.15, -0.1) is 11.3 Å². The second-order valence-corrected chi connectivity index (χ2v) is 4.51. The molecule has 0 saturated heterocycles. The minimum Gasteiger partial charge on any atom is -0.352 e. The summed E-state index contributed by atoms with van der Waals surface area (Å²) in [6.07, 6.45) is 3.82. The third kappa shape index (κ3) is 3.77. The smallest absolute Gasteiger partial charge is 0.252 e. The molecule has 0 atom stereocenters. The fraction of sp³-hybridized carbons (Fsp3) is 0.182. The zero-order chi connectivity index (χ0) is 13.5. The molecule has 8 heteroatoms. The highest BCUT2D eigenvalue weighted by molar-refractivity contribution is 7.09. The molecule has 0 aromatic carbocycles. The van der Waals surface area contributed by atoms with E-state index in [1.807, 2.05) is 5.38 Å². The Bertz CT molecular complexity index is 588. The number of rotatable bonds is 5. The van der Waals surface area contributed by atoms with Gasteiger partial charge in [-0.25, -0.2) is 4.98 Å². The molecule has 0 aliphatic rings. The number of hydrogen-bond acceptors (Lipinski definition) is 5. The summed E-state index contributed by atoms with van der Waals surface area (Å²) in [5, 5.41) is 8.99. The van der Waals surface area contributed by atoms with Crippen LogP contribution in [0.25, 0.3) is 10.4 Å². The molecule has 2 aromatic heterocycles. The van der Waals surface area contributed by atoms with Crippen LogP contribution in [0.5, 0.6) is 0 Å². The standard InChI is InChI=1S/C11H10N6OS/c12-17-16-9-2-1-8(7-15-9)11(18)14-4-3-10-13-5-6-19-10/h1-2,5-7H,3-4H2,(H,14,18). The molecule has 0 bridgehead atoms. The van der Waals surface area contributed by atoms with Crippen molar-refractivity contribution in [2.24, 2.45) is 5.11 Å². The number of amides is 1. The zero-order valence-electron chi connectivity index (χ0n) is 9.85. The number of pyridine rings is 1. The van der Waals surface area contributed by atoms with Gasteiger partial charge in [-0.3, -0.25) is 9.78 Å². The molecule has 0 radical (unpaired) electrons. The molecule has 1 amide bonds. The van der Waals surface area contributed by atoms with Gasteiger partial charge in [-0.1, -0.05) is 0 Å². The van der Waals surface area contributed by atoms with Crippen LogP contribution in [0.2, 0.25) is 0 Å². The number of aromatic nitrogens is 2. The summed E-state index contributed by atoms with van der Waals surface area (Å²) in [6.45, 7) is 0.518. The Morgan fingerprint density at radius 3 is 3.00 bits per heavy atom. The lowest BCUT2D eigenvalue weighted by Gasteiger charge is -2.03. The third-order valence-corrected chi connectivity index (χ3v) is 3.10. The van der Waals surface area contributed by atoms with E-state index in [9.17, 15) is 4.79 Å². The number of hydrogen-bond donors (Lipinski definition) is 1. The van der Waals surface area contributed by atoms with Crippen molar-refractivity contribution in [3.63, 3.8) is 0 Å². The Labute approximate surface area is 113 Å². The Kier molecular flexibility index (Phi) is 4.44. The normalized spacial score (nSPS) is 9.68. The maximum atomic E-state index is 11.8. The summed E-state index contributed by atoms with van der Waals surface area (Å²) in [6, 6.07) is 3.06. The van der Waals surface area contributed by atoms with E-state index in [0.29, 0.717) is 18.5 Å². The minimum absolute atomic E-state index is 0.212. The van der Waals surface area contributed by atoms with Gasteiger partial charge in [0.1, 0.15) is 5.82 Å². The van der Waals surface area contributed by atoms with E-state index in [2.05, 4.69) is 25.3 Å². The second-order valence-electron chi connectivity index (χ2n) is 3.53. The Morgan fingerprint density at radius 1 is 1.47 bits per heavy atom. The number of thiazole rings is 1. The first-order valence-corrected chi connectivity index (χ1v) is 6.35. The zero-order valence-corrected chi connectivity index (χ0v) is 10.7. The maximum absolute atomic E-state index is 11.8. The van der Waals surface area contributed by atoms with Gasteiger partial charge in [0.05, 0.1) is 10.6 Å². The van der Waals surface area contributed by atoms with Gasteiger partial charge in [-0.2, -0.15) is 0 Å². The Balaban J connectivity index is 1.87. The summed E-state index contributed by atoms with van der Waals surface area (Å²) >= 11 is 1.56. The van der Waals surface area contributed by atoms with Gasteiger partial charge in [0.15, 0.2) is 0 Å². The molecule has 7 nitrogen and oxygen atoms in total. The largest absolute Gasteiger partial charge is 0.352 e. The van der Waals surface area contributed by atoms with Crippen LogP contribution in [0, 0.1) is 0 Å². The minimum atomic E-state index is -0.212. The van der Waals surface area contributed by atoms with Gasteiger partial charge >= 0.3 is 0 Å². The average Bonchev–Trinajstić information content (AvgIpc) is 2.93. The van der Waals surface area contributed by atoms with Crippen LogP contribution >= 0.6 is 11.3 Å². The van der Waals surface area contributed by atoms with E-state index in [-0.39, 0.29) is 11.7 Å². The average molecular weight is 274 g/mol. The van der Waals surface area contributed by atoms with Crippen LogP contribution in [0.3, 0.4) is 0 Å². The molecule has 2 rings (SSSR count). The highest BCUT2D eigenvalue weighted by atomic mass is 32.1. The fourth-order valence-corrected chi connectivity index (χ4v) is 2.01. The van der Waals surface area contributed by atoms with Crippen molar-refractivity contribution < 1.29 is 4.79 Å². The molecular weight excluding hydrogens is 264 g/mol. The van der Waals surface area contributed by atoms with Crippen molar-refractivity contribution in [1.29, 1.82) is 0 Å². The van der Waals surface area contributed by atoms with E-state index < -0.39 is 0 Å². The van der Waals surface area contributed by atoms with Crippen LogP contribution in [0.1, 0.15) is 15.4 Å². The molecule has 0 aliphatic carbocycles. The molecule has 0 spiro atoms. The topological polar surface area (TPSA) is 104 Å². The second kappa shape index (κ2) is 6.48. The molecule has 0 fully saturated rings. The van der Waals surface area contributed by atoms with Gasteiger partial charge < -0.3 is 5.32 Å². The van der Waals surface area contributed by atoms with E-state index >= 15 is 0 Å². The molecule has 19 heavy (non-hydrogen) atoms. The molecule has 1 N–H and O–H groups in total. The molecule has 96 valence electrons. The summed E-state index contributed by atoms with van der Waals surface area (Å²) in [5.74, 6) is 0.0263. The van der Waals surface area contributed by atoms with Crippen LogP contribution < -0.4 is 5.32 Å². The number of nitrogens with zero attached hydrogens (tertiary/aromatic N) is 5. The maximum Gasteiger partial charge on any atom is 0.252 e. The van der Waals surface area contributed by atoms with Crippen molar-refractivity contribution in [2.75, 3.05) is 6.54 Å². The van der Waals surface area contributed by atoms with Crippen LogP contribution in [0.15, 0.2) is 35.0 Å². The van der Waals surface area contributed by atoms with E-state index in [4.69, 9.17) is 5.53 Å². The van der Waals surface area contributed by atoms with Crippen molar-refractivity contribution >= 4 is 23.1 Å². The lowest BCUT2D eigenvalue weighted by molar-refractivity contribution is 0.0954. The first-order chi connectivity index (χ1) is 9.29. The fourth-order valence-electron chi connectivity index (χ4n) is 1.39. The van der Waals surface area contributed by atoms with Gasteiger partial charge in [0.2, 0.25) is 0 Å². The highest BCUT2D eigenvalue weighted by Gasteiger charge is 2.05. The van der Waals surface area contributed by atoms with E-state index in [0.717, 1.165) is 5.01 Å². The van der Waals surface area contributed by atoms with Crippen LogP contribution in [0.4, 0.5) is 5.82 Å². The SMILES string of the molecule is [N-]=[N+]=Nc1ccc(C(=O)NCCc2nccs2)cn1. The number of azide groups is 1. The van der Waals surface area contributed by atoms with E-state index in [1.54, 1.807) is 23.6 Å². The Hall–Kier alpha value is -2.44. The first-order valence-electron chi connectivity index (χ1n) is 5.47. The van der Waals surface area contributed by atoms with Gasteiger partial charge in [0, 0.05) is 35.7 Å². The first kappa shape index (κ1) is 13.0. The summed E-state index contributed by atoms with van der Waals surface area (Å²) in [5.41, 5.74) is 8.67. The number of nitrogens with one attached hydrogen (secondary N) is 1. The number of carbonyl (C=O) groups is 1. The number of carbonyl (C=O) groups excluding carboxylic acids is 1.